The molecule has 0 spiro atoms. The maximum absolute atomic E-state index is 12.5. The van der Waals surface area contributed by atoms with Gasteiger partial charge in [-0.05, 0) is 48.4 Å². The van der Waals surface area contributed by atoms with Crippen LogP contribution in [-0.4, -0.2) is 19.0 Å². The Morgan fingerprint density at radius 1 is 1.00 bits per heavy atom. The number of carbonyl (C=O) groups excluding carboxylic acids is 1. The Bertz CT molecular complexity index is 619. The molecular formula is C18H18Cl2N2O. The van der Waals surface area contributed by atoms with Crippen LogP contribution in [0.25, 0.3) is 0 Å². The molecule has 2 aromatic carbocycles. The van der Waals surface area contributed by atoms with E-state index in [1.807, 2.05) is 48.5 Å². The molecule has 1 fully saturated rings. The number of amides is 1. The minimum Gasteiger partial charge on any atom is -0.345 e. The number of rotatable bonds is 4. The molecule has 0 aliphatic carbocycles. The van der Waals surface area contributed by atoms with Gasteiger partial charge in [0, 0.05) is 16.6 Å². The van der Waals surface area contributed by atoms with E-state index in [0.29, 0.717) is 10.0 Å². The van der Waals surface area contributed by atoms with Crippen molar-refractivity contribution in [1.82, 2.24) is 10.6 Å². The molecule has 0 saturated carbocycles. The summed E-state index contributed by atoms with van der Waals surface area (Å²) in [5, 5.41) is 7.74. The lowest BCUT2D eigenvalue weighted by Crippen LogP contribution is -2.35. The van der Waals surface area contributed by atoms with Gasteiger partial charge in [-0.15, -0.1) is 0 Å². The molecule has 3 rings (SSSR count). The van der Waals surface area contributed by atoms with Gasteiger partial charge in [0.2, 0.25) is 5.91 Å². The third-order valence-corrected chi connectivity index (χ3v) is 4.63. The van der Waals surface area contributed by atoms with Crippen LogP contribution in [0.3, 0.4) is 0 Å². The van der Waals surface area contributed by atoms with Gasteiger partial charge in [0.05, 0.1) is 12.0 Å². The number of benzene rings is 2. The van der Waals surface area contributed by atoms with Crippen LogP contribution in [0, 0.1) is 5.92 Å². The van der Waals surface area contributed by atoms with Crippen molar-refractivity contribution >= 4 is 29.1 Å². The Morgan fingerprint density at radius 3 is 1.96 bits per heavy atom. The van der Waals surface area contributed by atoms with Gasteiger partial charge in [-0.25, -0.2) is 0 Å². The highest BCUT2D eigenvalue weighted by atomic mass is 35.5. The SMILES string of the molecule is O=C(NC(c1ccc(Cl)cc1)c1ccc(Cl)cc1)C1CCNC1. The van der Waals surface area contributed by atoms with Crippen molar-refractivity contribution in [3.63, 3.8) is 0 Å². The molecular weight excluding hydrogens is 331 g/mol. The van der Waals surface area contributed by atoms with E-state index in [2.05, 4.69) is 10.6 Å². The predicted molar refractivity (Wildman–Crippen MR) is 93.9 cm³/mol. The maximum Gasteiger partial charge on any atom is 0.225 e. The second-order valence-corrected chi connectivity index (χ2v) is 6.61. The van der Waals surface area contributed by atoms with Crippen molar-refractivity contribution in [3.8, 4) is 0 Å². The fourth-order valence-corrected chi connectivity index (χ4v) is 3.06. The largest absolute Gasteiger partial charge is 0.345 e. The van der Waals surface area contributed by atoms with E-state index in [4.69, 9.17) is 23.2 Å². The van der Waals surface area contributed by atoms with Gasteiger partial charge in [0.15, 0.2) is 0 Å². The minimum atomic E-state index is -0.211. The van der Waals surface area contributed by atoms with E-state index in [0.717, 1.165) is 30.6 Å². The van der Waals surface area contributed by atoms with E-state index in [9.17, 15) is 4.79 Å². The lowest BCUT2D eigenvalue weighted by Gasteiger charge is -2.22. The zero-order valence-corrected chi connectivity index (χ0v) is 14.1. The first-order chi connectivity index (χ1) is 11.1. The quantitative estimate of drug-likeness (QED) is 0.881. The van der Waals surface area contributed by atoms with Crippen molar-refractivity contribution in [2.45, 2.75) is 12.5 Å². The average Bonchev–Trinajstić information content (AvgIpc) is 3.09. The fraction of sp³-hybridized carbons (Fsp3) is 0.278. The monoisotopic (exact) mass is 348 g/mol. The van der Waals surface area contributed by atoms with Gasteiger partial charge in [-0.2, -0.15) is 0 Å². The molecule has 0 bridgehead atoms. The zero-order valence-electron chi connectivity index (χ0n) is 12.6. The first-order valence-electron chi connectivity index (χ1n) is 7.65. The first kappa shape index (κ1) is 16.3. The molecule has 1 saturated heterocycles. The van der Waals surface area contributed by atoms with E-state index < -0.39 is 0 Å². The van der Waals surface area contributed by atoms with Gasteiger partial charge >= 0.3 is 0 Å². The van der Waals surface area contributed by atoms with Crippen molar-refractivity contribution in [3.05, 3.63) is 69.7 Å². The highest BCUT2D eigenvalue weighted by Crippen LogP contribution is 2.25. The molecule has 1 amide bonds. The van der Waals surface area contributed by atoms with Crippen LogP contribution in [0.1, 0.15) is 23.6 Å². The predicted octanol–water partition coefficient (Wildman–Crippen LogP) is 3.81. The number of nitrogens with one attached hydrogen (secondary N) is 2. The Hall–Kier alpha value is -1.55. The number of carbonyl (C=O) groups is 1. The summed E-state index contributed by atoms with van der Waals surface area (Å²) in [5.41, 5.74) is 1.99. The van der Waals surface area contributed by atoms with Crippen molar-refractivity contribution in [2.75, 3.05) is 13.1 Å². The van der Waals surface area contributed by atoms with E-state index in [1.54, 1.807) is 0 Å². The van der Waals surface area contributed by atoms with Crippen LogP contribution >= 0.6 is 23.2 Å². The molecule has 1 unspecified atom stereocenters. The average molecular weight is 349 g/mol. The van der Waals surface area contributed by atoms with Crippen molar-refractivity contribution in [2.24, 2.45) is 5.92 Å². The van der Waals surface area contributed by atoms with Crippen LogP contribution in [-0.2, 0) is 4.79 Å². The number of hydrogen-bond acceptors (Lipinski definition) is 2. The molecule has 5 heteroatoms. The number of halogens is 2. The summed E-state index contributed by atoms with van der Waals surface area (Å²) in [6, 6.07) is 14.9. The second-order valence-electron chi connectivity index (χ2n) is 5.73. The van der Waals surface area contributed by atoms with Crippen LogP contribution in [0.2, 0.25) is 10.0 Å². The highest BCUT2D eigenvalue weighted by Gasteiger charge is 2.25. The molecule has 2 aromatic rings. The molecule has 3 nitrogen and oxygen atoms in total. The molecule has 1 aliphatic rings. The summed E-state index contributed by atoms with van der Waals surface area (Å²) in [4.78, 5) is 12.5. The van der Waals surface area contributed by atoms with Gasteiger partial charge in [-0.1, -0.05) is 47.5 Å². The molecule has 1 aliphatic heterocycles. The maximum atomic E-state index is 12.5. The van der Waals surface area contributed by atoms with E-state index >= 15 is 0 Å². The summed E-state index contributed by atoms with van der Waals surface area (Å²) < 4.78 is 0. The molecule has 2 N–H and O–H groups in total. The fourth-order valence-electron chi connectivity index (χ4n) is 2.81. The summed E-state index contributed by atoms with van der Waals surface area (Å²) in [6.45, 7) is 1.63. The van der Waals surface area contributed by atoms with Crippen LogP contribution in [0.4, 0.5) is 0 Å². The molecule has 23 heavy (non-hydrogen) atoms. The van der Waals surface area contributed by atoms with Crippen LogP contribution in [0.5, 0.6) is 0 Å². The molecule has 0 radical (unpaired) electrons. The zero-order chi connectivity index (χ0) is 16.2. The van der Waals surface area contributed by atoms with Gasteiger partial charge in [0.1, 0.15) is 0 Å². The van der Waals surface area contributed by atoms with Gasteiger partial charge in [-0.3, -0.25) is 4.79 Å². The third kappa shape index (κ3) is 4.05. The Morgan fingerprint density at radius 2 is 1.52 bits per heavy atom. The summed E-state index contributed by atoms with van der Waals surface area (Å²) in [6.07, 6.45) is 0.875. The minimum absolute atomic E-state index is 0.0251. The van der Waals surface area contributed by atoms with E-state index in [1.165, 1.54) is 0 Å². The van der Waals surface area contributed by atoms with Crippen molar-refractivity contribution in [1.29, 1.82) is 0 Å². The smallest absolute Gasteiger partial charge is 0.225 e. The Balaban J connectivity index is 1.87. The Kier molecular flexibility index (Phi) is 5.21. The summed E-state index contributed by atoms with van der Waals surface area (Å²) in [5.74, 6) is 0.0991. The number of hydrogen-bond donors (Lipinski definition) is 2. The first-order valence-corrected chi connectivity index (χ1v) is 8.41. The second kappa shape index (κ2) is 7.35. The molecule has 1 heterocycles. The van der Waals surface area contributed by atoms with Gasteiger partial charge < -0.3 is 10.6 Å². The van der Waals surface area contributed by atoms with E-state index in [-0.39, 0.29) is 17.9 Å². The Labute approximate surface area is 146 Å². The third-order valence-electron chi connectivity index (χ3n) is 4.12. The lowest BCUT2D eigenvalue weighted by atomic mass is 9.97. The molecule has 0 aromatic heterocycles. The topological polar surface area (TPSA) is 41.1 Å². The molecule has 120 valence electrons. The standard InChI is InChI=1S/C18H18Cl2N2O/c19-15-5-1-12(2-6-15)17(13-3-7-16(20)8-4-13)22-18(23)14-9-10-21-11-14/h1-8,14,17,21H,9-11H2,(H,22,23). The summed E-state index contributed by atoms with van der Waals surface area (Å²) in [7, 11) is 0. The van der Waals surface area contributed by atoms with Crippen LogP contribution in [0.15, 0.2) is 48.5 Å². The highest BCUT2D eigenvalue weighted by molar-refractivity contribution is 6.30. The van der Waals surface area contributed by atoms with Crippen molar-refractivity contribution < 1.29 is 4.79 Å². The normalized spacial score (nSPS) is 17.4. The molecule has 1 atom stereocenters. The van der Waals surface area contributed by atoms with Crippen LogP contribution < -0.4 is 10.6 Å². The lowest BCUT2D eigenvalue weighted by molar-refractivity contribution is -0.124. The van der Waals surface area contributed by atoms with Gasteiger partial charge in [0.25, 0.3) is 0 Å². The summed E-state index contributed by atoms with van der Waals surface area (Å²) >= 11 is 12.0.